The van der Waals surface area contributed by atoms with Gasteiger partial charge in [0.25, 0.3) is 0 Å². The number of hydrogen-bond acceptors (Lipinski definition) is 4. The Bertz CT molecular complexity index is 506. The Labute approximate surface area is 119 Å². The zero-order valence-corrected chi connectivity index (χ0v) is 12.6. The fraction of sp³-hybridized carbons (Fsp3) is 0.533. The van der Waals surface area contributed by atoms with Gasteiger partial charge >= 0.3 is 0 Å². The third-order valence-electron chi connectivity index (χ3n) is 3.99. The van der Waals surface area contributed by atoms with Gasteiger partial charge in [0.05, 0.1) is 11.5 Å². The van der Waals surface area contributed by atoms with E-state index < -0.39 is 5.60 Å². The first kappa shape index (κ1) is 14.9. The van der Waals surface area contributed by atoms with Gasteiger partial charge in [0.15, 0.2) is 0 Å². The molecule has 0 spiro atoms. The van der Waals surface area contributed by atoms with Crippen molar-refractivity contribution in [1.82, 2.24) is 9.99 Å². The van der Waals surface area contributed by atoms with Gasteiger partial charge in [0, 0.05) is 34.2 Å². The molecule has 1 atom stereocenters. The molecular formula is C15H22FN3O. The summed E-state index contributed by atoms with van der Waals surface area (Å²) in [4.78, 5) is 4.67. The Kier molecular flexibility index (Phi) is 4.40. The van der Waals surface area contributed by atoms with Crippen molar-refractivity contribution in [2.45, 2.75) is 25.4 Å². The number of nitrogens with zero attached hydrogens (tertiary/aromatic N) is 3. The van der Waals surface area contributed by atoms with E-state index in [4.69, 9.17) is 4.74 Å². The van der Waals surface area contributed by atoms with E-state index >= 15 is 0 Å². The molecule has 2 heterocycles. The monoisotopic (exact) mass is 279 g/mol. The Morgan fingerprint density at radius 1 is 1.35 bits per heavy atom. The van der Waals surface area contributed by atoms with Crippen molar-refractivity contribution >= 4 is 5.82 Å². The van der Waals surface area contributed by atoms with Crippen LogP contribution in [0.2, 0.25) is 0 Å². The van der Waals surface area contributed by atoms with Crippen molar-refractivity contribution in [3.63, 3.8) is 0 Å². The number of allylic oxidation sites excluding steroid dienone is 1. The van der Waals surface area contributed by atoms with Crippen LogP contribution in [0.15, 0.2) is 30.1 Å². The Morgan fingerprint density at radius 2 is 2.10 bits per heavy atom. The molecule has 0 saturated heterocycles. The summed E-state index contributed by atoms with van der Waals surface area (Å²) in [6.45, 7) is 2.46. The number of methoxy groups -OCH3 is 1. The summed E-state index contributed by atoms with van der Waals surface area (Å²) in [5, 5.41) is 3.83. The highest BCUT2D eigenvalue weighted by Gasteiger charge is 2.29. The van der Waals surface area contributed by atoms with E-state index in [2.05, 4.69) is 4.98 Å². The van der Waals surface area contributed by atoms with Crippen LogP contribution in [-0.2, 0) is 10.3 Å². The van der Waals surface area contributed by atoms with E-state index in [1.54, 1.807) is 13.2 Å². The summed E-state index contributed by atoms with van der Waals surface area (Å²) < 4.78 is 19.5. The Balaban J connectivity index is 2.46. The van der Waals surface area contributed by atoms with Crippen LogP contribution in [0, 0.1) is 0 Å². The molecule has 0 aromatic carbocycles. The molecule has 0 saturated carbocycles. The molecule has 1 aliphatic heterocycles. The van der Waals surface area contributed by atoms with Crippen LogP contribution in [0.4, 0.5) is 10.2 Å². The molecule has 1 unspecified atom stereocenters. The lowest BCUT2D eigenvalue weighted by Gasteiger charge is -2.30. The Hall–Kier alpha value is -1.46. The number of rotatable bonds is 1. The first-order valence-corrected chi connectivity index (χ1v) is 6.78. The number of hydrazine groups is 1. The van der Waals surface area contributed by atoms with Gasteiger partial charge in [-0.2, -0.15) is 0 Å². The summed E-state index contributed by atoms with van der Waals surface area (Å²) in [5.74, 6) is 0.715. The zero-order chi connectivity index (χ0) is 14.8. The number of fused-ring (bicyclic) bond motifs is 2. The number of likely N-dealkylation sites (N-methyl/N-ethyl adjacent to an activating group) is 1. The van der Waals surface area contributed by atoms with Crippen LogP contribution in [0.25, 0.3) is 0 Å². The number of pyridine rings is 1. The van der Waals surface area contributed by atoms with Crippen LogP contribution in [0.5, 0.6) is 0 Å². The molecule has 0 aliphatic carbocycles. The average molecular weight is 279 g/mol. The minimum Gasteiger partial charge on any atom is -0.372 e. The number of ether oxygens (including phenoxy) is 1. The summed E-state index contributed by atoms with van der Waals surface area (Å²) in [5.41, 5.74) is 0.248. The van der Waals surface area contributed by atoms with Crippen LogP contribution in [0.3, 0.4) is 0 Å². The average Bonchev–Trinajstić information content (AvgIpc) is 2.49. The van der Waals surface area contributed by atoms with Gasteiger partial charge in [-0.25, -0.2) is 14.4 Å². The van der Waals surface area contributed by atoms with Crippen LogP contribution in [0.1, 0.15) is 25.5 Å². The van der Waals surface area contributed by atoms with E-state index in [1.165, 1.54) is 0 Å². The molecule has 1 aromatic rings. The zero-order valence-electron chi connectivity index (χ0n) is 12.6. The van der Waals surface area contributed by atoms with Gasteiger partial charge in [0.1, 0.15) is 11.4 Å². The fourth-order valence-electron chi connectivity index (χ4n) is 2.22. The minimum absolute atomic E-state index is 0.108. The number of halogens is 1. The lowest BCUT2D eigenvalue weighted by atomic mass is 9.94. The molecule has 0 fully saturated rings. The second-order valence-electron chi connectivity index (χ2n) is 5.33. The second-order valence-corrected chi connectivity index (χ2v) is 5.33. The maximum Gasteiger partial charge on any atom is 0.143 e. The predicted octanol–water partition coefficient (Wildman–Crippen LogP) is 2.87. The summed E-state index contributed by atoms with van der Waals surface area (Å²) in [7, 11) is 5.47. The van der Waals surface area contributed by atoms with Gasteiger partial charge in [-0.05, 0) is 31.6 Å². The largest absolute Gasteiger partial charge is 0.372 e. The summed E-state index contributed by atoms with van der Waals surface area (Å²) in [6, 6.07) is 5.83. The highest BCUT2D eigenvalue weighted by atomic mass is 19.1. The lowest BCUT2D eigenvalue weighted by molar-refractivity contribution is -0.00976. The van der Waals surface area contributed by atoms with Crippen LogP contribution in [-0.4, -0.2) is 37.7 Å². The molecule has 5 heteroatoms. The Morgan fingerprint density at radius 3 is 2.80 bits per heavy atom. The highest BCUT2D eigenvalue weighted by Crippen LogP contribution is 2.31. The molecule has 20 heavy (non-hydrogen) atoms. The lowest BCUT2D eigenvalue weighted by Crippen LogP contribution is -2.37. The van der Waals surface area contributed by atoms with Crippen LogP contribution >= 0.6 is 0 Å². The second kappa shape index (κ2) is 5.89. The van der Waals surface area contributed by atoms with E-state index in [0.717, 1.165) is 11.5 Å². The number of aromatic nitrogens is 1. The quantitative estimate of drug-likeness (QED) is 0.790. The maximum absolute atomic E-state index is 13.9. The molecule has 1 aromatic heterocycles. The van der Waals surface area contributed by atoms with Gasteiger partial charge in [-0.3, -0.25) is 5.01 Å². The fourth-order valence-corrected chi connectivity index (χ4v) is 2.22. The highest BCUT2D eigenvalue weighted by molar-refractivity contribution is 5.38. The van der Waals surface area contributed by atoms with Gasteiger partial charge in [-0.15, -0.1) is 0 Å². The van der Waals surface area contributed by atoms with Crippen molar-refractivity contribution in [3.8, 4) is 0 Å². The van der Waals surface area contributed by atoms with E-state index in [0.29, 0.717) is 19.4 Å². The SMILES string of the molecule is COC1(C)CC/C(F)=C\CN(C)N(C)c2cccc1n2. The third kappa shape index (κ3) is 2.99. The molecule has 4 nitrogen and oxygen atoms in total. The smallest absolute Gasteiger partial charge is 0.143 e. The minimum atomic E-state index is -0.578. The van der Waals surface area contributed by atoms with Crippen molar-refractivity contribution in [1.29, 1.82) is 0 Å². The molecule has 110 valence electrons. The molecule has 0 radical (unpaired) electrons. The van der Waals surface area contributed by atoms with Gasteiger partial charge in [0.2, 0.25) is 0 Å². The molecule has 2 bridgehead atoms. The standard InChI is InChI=1S/C15H22FN3O/c1-15(20-4)10-8-12(16)9-11-18(2)19(3)14-7-5-6-13(15)17-14/h5-7,9H,8,10-11H2,1-4H3/b12-9+. The van der Waals surface area contributed by atoms with Gasteiger partial charge < -0.3 is 4.74 Å². The molecular weight excluding hydrogens is 257 g/mol. The normalized spacial score (nSPS) is 27.6. The van der Waals surface area contributed by atoms with E-state index in [1.807, 2.05) is 49.2 Å². The topological polar surface area (TPSA) is 28.6 Å². The molecule has 0 amide bonds. The molecule has 2 rings (SSSR count). The number of hydrogen-bond donors (Lipinski definition) is 0. The van der Waals surface area contributed by atoms with Crippen molar-refractivity contribution < 1.29 is 9.13 Å². The van der Waals surface area contributed by atoms with Crippen molar-refractivity contribution in [2.24, 2.45) is 0 Å². The maximum atomic E-state index is 13.9. The number of anilines is 1. The molecule has 1 aliphatic rings. The first-order chi connectivity index (χ1) is 9.46. The third-order valence-corrected chi connectivity index (χ3v) is 3.99. The van der Waals surface area contributed by atoms with E-state index in [9.17, 15) is 4.39 Å². The van der Waals surface area contributed by atoms with Crippen LogP contribution < -0.4 is 5.01 Å². The summed E-state index contributed by atoms with van der Waals surface area (Å²) in [6.07, 6.45) is 2.53. The van der Waals surface area contributed by atoms with Crippen molar-refractivity contribution in [3.05, 3.63) is 35.8 Å². The van der Waals surface area contributed by atoms with Gasteiger partial charge in [-0.1, -0.05) is 6.07 Å². The van der Waals surface area contributed by atoms with E-state index in [-0.39, 0.29) is 5.83 Å². The first-order valence-electron chi connectivity index (χ1n) is 6.78. The summed E-state index contributed by atoms with van der Waals surface area (Å²) >= 11 is 0. The van der Waals surface area contributed by atoms with Crippen molar-refractivity contribution in [2.75, 3.05) is 32.8 Å². The molecule has 0 N–H and O–H groups in total. The predicted molar refractivity (Wildman–Crippen MR) is 78.1 cm³/mol.